The smallest absolute Gasteiger partial charge is 0.355 e. The molecule has 1 N–H and O–H groups in total. The van der Waals surface area contributed by atoms with Crippen LogP contribution in [0.2, 0.25) is 0 Å². The van der Waals surface area contributed by atoms with Gasteiger partial charge in [0, 0.05) is 13.1 Å². The van der Waals surface area contributed by atoms with Gasteiger partial charge in [0.2, 0.25) is 0 Å². The lowest BCUT2D eigenvalue weighted by Gasteiger charge is -2.23. The van der Waals surface area contributed by atoms with Gasteiger partial charge >= 0.3 is 5.76 Å². The van der Waals surface area contributed by atoms with Gasteiger partial charge in [-0.25, -0.2) is 8.42 Å². The second-order valence-electron chi connectivity index (χ2n) is 3.68. The molecular weight excluding hydrogens is 250 g/mol. The monoisotopic (exact) mass is 262 g/mol. The number of halogens is 2. The summed E-state index contributed by atoms with van der Waals surface area (Å²) in [4.78, 5) is 0. The minimum absolute atomic E-state index is 0.0662. The molecule has 0 atom stereocenters. The van der Waals surface area contributed by atoms with Crippen molar-refractivity contribution in [2.45, 2.75) is 12.2 Å². The van der Waals surface area contributed by atoms with Crippen LogP contribution in [0.15, 0.2) is 24.3 Å². The van der Waals surface area contributed by atoms with Crippen molar-refractivity contribution in [2.75, 3.05) is 22.7 Å². The summed E-state index contributed by atoms with van der Waals surface area (Å²) in [6, 6.07) is 6.55. The van der Waals surface area contributed by atoms with Crippen molar-refractivity contribution in [1.29, 1.82) is 0 Å². The molecule has 1 aromatic rings. The van der Waals surface area contributed by atoms with E-state index in [4.69, 9.17) is 0 Å². The largest absolute Gasteiger partial charge is 0.383 e. The number of nitrogens with one attached hydrogen (secondary N) is 1. The maximum Gasteiger partial charge on any atom is 0.355 e. The van der Waals surface area contributed by atoms with Gasteiger partial charge in [0.1, 0.15) is 0 Å². The highest BCUT2D eigenvalue weighted by Gasteiger charge is 2.33. The van der Waals surface area contributed by atoms with Gasteiger partial charge in [-0.3, -0.25) is 4.31 Å². The molecule has 0 spiro atoms. The predicted octanol–water partition coefficient (Wildman–Crippen LogP) is 1.86. The number of hydrogen-bond donors (Lipinski definition) is 1. The first-order valence-electron chi connectivity index (χ1n) is 5.16. The summed E-state index contributed by atoms with van der Waals surface area (Å²) in [6.07, 6.45) is 0.487. The molecule has 1 heterocycles. The predicted molar refractivity (Wildman–Crippen MR) is 61.8 cm³/mol. The first-order chi connectivity index (χ1) is 8.03. The van der Waals surface area contributed by atoms with Gasteiger partial charge in [-0.15, -0.1) is 0 Å². The number of anilines is 2. The van der Waals surface area contributed by atoms with Crippen LogP contribution in [0.1, 0.15) is 6.42 Å². The van der Waals surface area contributed by atoms with E-state index in [2.05, 4.69) is 5.32 Å². The third-order valence-corrected chi connectivity index (χ3v) is 4.00. The summed E-state index contributed by atoms with van der Waals surface area (Å²) in [6.45, 7) is 0.628. The number of nitrogens with zero attached hydrogens (tertiary/aromatic N) is 1. The van der Waals surface area contributed by atoms with E-state index in [1.807, 2.05) is 0 Å². The molecule has 0 bridgehead atoms. The molecule has 1 aliphatic rings. The van der Waals surface area contributed by atoms with Gasteiger partial charge in [-0.1, -0.05) is 12.1 Å². The van der Waals surface area contributed by atoms with Gasteiger partial charge < -0.3 is 5.32 Å². The van der Waals surface area contributed by atoms with Crippen LogP contribution >= 0.6 is 0 Å². The Labute approximate surface area is 98.3 Å². The lowest BCUT2D eigenvalue weighted by Crippen LogP contribution is -2.35. The first kappa shape index (κ1) is 12.1. The quantitative estimate of drug-likeness (QED) is 0.885. The Morgan fingerprint density at radius 2 is 2.00 bits per heavy atom. The zero-order valence-corrected chi connectivity index (χ0v) is 9.75. The second kappa shape index (κ2) is 4.48. The molecule has 17 heavy (non-hydrogen) atoms. The summed E-state index contributed by atoms with van der Waals surface area (Å²) in [5.41, 5.74) is 0.847. The molecule has 0 amide bonds. The lowest BCUT2D eigenvalue weighted by molar-refractivity contribution is 0.234. The fourth-order valence-corrected chi connectivity index (χ4v) is 2.78. The minimum Gasteiger partial charge on any atom is -0.383 e. The molecule has 7 heteroatoms. The maximum atomic E-state index is 12.6. The van der Waals surface area contributed by atoms with Crippen molar-refractivity contribution < 1.29 is 17.2 Å². The van der Waals surface area contributed by atoms with E-state index < -0.39 is 15.8 Å². The SMILES string of the molecule is O=S(=O)(C(F)F)N1CCCNc2ccccc21. The number of hydrogen-bond acceptors (Lipinski definition) is 3. The summed E-state index contributed by atoms with van der Waals surface area (Å²) in [5, 5.41) is 3.02. The average molecular weight is 262 g/mol. The van der Waals surface area contributed by atoms with Crippen LogP contribution in [0.25, 0.3) is 0 Å². The number of sulfonamides is 1. The third-order valence-electron chi connectivity index (χ3n) is 2.56. The van der Waals surface area contributed by atoms with E-state index in [1.165, 1.54) is 6.07 Å². The van der Waals surface area contributed by atoms with Crippen LogP contribution < -0.4 is 9.62 Å². The van der Waals surface area contributed by atoms with E-state index in [9.17, 15) is 17.2 Å². The standard InChI is InChI=1S/C10H12F2N2O2S/c11-10(12)17(15,16)14-7-3-6-13-8-4-1-2-5-9(8)14/h1-2,4-5,10,13H,3,6-7H2. The zero-order valence-electron chi connectivity index (χ0n) is 8.94. The molecule has 0 saturated heterocycles. The lowest BCUT2D eigenvalue weighted by atomic mass is 10.2. The molecule has 0 aliphatic carbocycles. The van der Waals surface area contributed by atoms with Crippen molar-refractivity contribution in [2.24, 2.45) is 0 Å². The third kappa shape index (κ3) is 2.19. The Bertz CT molecular complexity index is 505. The first-order valence-corrected chi connectivity index (χ1v) is 6.66. The maximum absolute atomic E-state index is 12.6. The van der Waals surface area contributed by atoms with Crippen molar-refractivity contribution in [3.05, 3.63) is 24.3 Å². The Kier molecular flexibility index (Phi) is 3.19. The minimum atomic E-state index is -4.58. The van der Waals surface area contributed by atoms with Crippen LogP contribution in [0.5, 0.6) is 0 Å². The number of alkyl halides is 2. The Balaban J connectivity index is 2.49. The highest BCUT2D eigenvalue weighted by molar-refractivity contribution is 7.93. The van der Waals surface area contributed by atoms with E-state index in [0.29, 0.717) is 18.7 Å². The molecule has 94 valence electrons. The Morgan fingerprint density at radius 3 is 2.71 bits per heavy atom. The molecule has 0 saturated carbocycles. The Morgan fingerprint density at radius 1 is 1.29 bits per heavy atom. The van der Waals surface area contributed by atoms with Crippen LogP contribution in [-0.2, 0) is 10.0 Å². The number of fused-ring (bicyclic) bond motifs is 1. The number of benzene rings is 1. The van der Waals surface area contributed by atoms with Crippen molar-refractivity contribution in [3.63, 3.8) is 0 Å². The van der Waals surface area contributed by atoms with Gasteiger partial charge in [0.25, 0.3) is 10.0 Å². The topological polar surface area (TPSA) is 49.4 Å². The second-order valence-corrected chi connectivity index (χ2v) is 5.50. The van der Waals surface area contributed by atoms with E-state index >= 15 is 0 Å². The normalized spacial score (nSPS) is 16.3. The van der Waals surface area contributed by atoms with E-state index in [0.717, 1.165) is 4.31 Å². The van der Waals surface area contributed by atoms with Crippen molar-refractivity contribution >= 4 is 21.4 Å². The molecule has 1 aliphatic heterocycles. The van der Waals surface area contributed by atoms with Gasteiger partial charge in [-0.05, 0) is 18.6 Å². The Hall–Kier alpha value is -1.37. The molecule has 0 unspecified atom stereocenters. The van der Waals surface area contributed by atoms with Gasteiger partial charge in [0.05, 0.1) is 11.4 Å². The zero-order chi connectivity index (χ0) is 12.5. The highest BCUT2D eigenvalue weighted by atomic mass is 32.2. The molecule has 0 fully saturated rings. The number of rotatable bonds is 2. The van der Waals surface area contributed by atoms with Crippen LogP contribution in [0.4, 0.5) is 20.2 Å². The van der Waals surface area contributed by atoms with Crippen molar-refractivity contribution in [3.8, 4) is 0 Å². The molecule has 1 aromatic carbocycles. The fraction of sp³-hybridized carbons (Fsp3) is 0.400. The molecule has 0 radical (unpaired) electrons. The molecule has 4 nitrogen and oxygen atoms in total. The summed E-state index contributed by atoms with van der Waals surface area (Å²) in [5.74, 6) is -3.39. The van der Waals surface area contributed by atoms with Crippen molar-refractivity contribution in [1.82, 2.24) is 0 Å². The molecule has 0 aromatic heterocycles. The summed E-state index contributed by atoms with van der Waals surface area (Å²) < 4.78 is 49.0. The average Bonchev–Trinajstić information content (AvgIpc) is 2.51. The van der Waals surface area contributed by atoms with Crippen LogP contribution in [-0.4, -0.2) is 27.3 Å². The summed E-state index contributed by atoms with van der Waals surface area (Å²) >= 11 is 0. The van der Waals surface area contributed by atoms with Crippen LogP contribution in [0, 0.1) is 0 Å². The van der Waals surface area contributed by atoms with Crippen LogP contribution in [0.3, 0.4) is 0 Å². The van der Waals surface area contributed by atoms with Gasteiger partial charge in [0.15, 0.2) is 0 Å². The molecular formula is C10H12F2N2O2S. The van der Waals surface area contributed by atoms with E-state index in [1.54, 1.807) is 18.2 Å². The summed E-state index contributed by atoms with van der Waals surface area (Å²) in [7, 11) is -4.58. The van der Waals surface area contributed by atoms with E-state index in [-0.39, 0.29) is 12.2 Å². The number of para-hydroxylation sites is 2. The fourth-order valence-electron chi connectivity index (χ4n) is 1.77. The molecule has 2 rings (SSSR count). The van der Waals surface area contributed by atoms with Gasteiger partial charge in [-0.2, -0.15) is 8.78 Å². The highest BCUT2D eigenvalue weighted by Crippen LogP contribution is 2.31.